The van der Waals surface area contributed by atoms with Crippen LogP contribution in [0.5, 0.6) is 0 Å². The van der Waals surface area contributed by atoms with Crippen LogP contribution in [0.25, 0.3) is 10.8 Å². The van der Waals surface area contributed by atoms with E-state index in [0.717, 1.165) is 16.3 Å². The van der Waals surface area contributed by atoms with E-state index in [1.165, 1.54) is 4.68 Å². The number of rotatable bonds is 2. The smallest absolute Gasteiger partial charge is 0.127 e. The van der Waals surface area contributed by atoms with E-state index >= 15 is 0 Å². The van der Waals surface area contributed by atoms with E-state index in [2.05, 4.69) is 10.1 Å². The van der Waals surface area contributed by atoms with Gasteiger partial charge in [0.25, 0.3) is 0 Å². The molecule has 0 amide bonds. The molecule has 3 rings (SSSR count). The molecule has 3 aromatic rings. The summed E-state index contributed by atoms with van der Waals surface area (Å²) in [6.45, 7) is 0. The van der Waals surface area contributed by atoms with Gasteiger partial charge in [-0.3, -0.25) is 9.67 Å². The van der Waals surface area contributed by atoms with E-state index in [-0.39, 0.29) is 0 Å². The van der Waals surface area contributed by atoms with Crippen molar-refractivity contribution in [2.24, 2.45) is 7.05 Å². The summed E-state index contributed by atoms with van der Waals surface area (Å²) in [6.07, 6.45) is 4.20. The van der Waals surface area contributed by atoms with Crippen molar-refractivity contribution in [3.63, 3.8) is 0 Å². The summed E-state index contributed by atoms with van der Waals surface area (Å²) in [6, 6.07) is 7.80. The highest BCUT2D eigenvalue weighted by atomic mass is 16.3. The van der Waals surface area contributed by atoms with Gasteiger partial charge in [-0.2, -0.15) is 5.10 Å². The molecule has 5 nitrogen and oxygen atoms in total. The van der Waals surface area contributed by atoms with Crippen molar-refractivity contribution < 1.29 is 5.11 Å². The third-order valence-electron chi connectivity index (χ3n) is 3.30. The molecule has 1 unspecified atom stereocenters. The number of aromatic nitrogens is 3. The van der Waals surface area contributed by atoms with E-state index in [1.54, 1.807) is 25.6 Å². The van der Waals surface area contributed by atoms with Crippen LogP contribution in [0.3, 0.4) is 0 Å². The maximum atomic E-state index is 10.5. The second kappa shape index (κ2) is 4.37. The van der Waals surface area contributed by atoms with Gasteiger partial charge in [0.1, 0.15) is 11.9 Å². The molecule has 1 aromatic carbocycles. The average molecular weight is 254 g/mol. The first-order chi connectivity index (χ1) is 9.18. The topological polar surface area (TPSA) is 77.0 Å². The monoisotopic (exact) mass is 254 g/mol. The number of nitrogens with two attached hydrogens (primary N) is 1. The van der Waals surface area contributed by atoms with Crippen LogP contribution < -0.4 is 5.73 Å². The highest BCUT2D eigenvalue weighted by Crippen LogP contribution is 2.30. The molecule has 0 fully saturated rings. The molecule has 1 atom stereocenters. The maximum absolute atomic E-state index is 10.5. The molecule has 96 valence electrons. The zero-order chi connectivity index (χ0) is 13.4. The van der Waals surface area contributed by atoms with E-state index in [1.807, 2.05) is 24.3 Å². The van der Waals surface area contributed by atoms with Gasteiger partial charge in [0.15, 0.2) is 0 Å². The van der Waals surface area contributed by atoms with Crippen LogP contribution in [0.2, 0.25) is 0 Å². The van der Waals surface area contributed by atoms with Crippen molar-refractivity contribution in [3.8, 4) is 0 Å². The van der Waals surface area contributed by atoms with Gasteiger partial charge in [-0.15, -0.1) is 0 Å². The van der Waals surface area contributed by atoms with Gasteiger partial charge in [0, 0.05) is 36.0 Å². The molecule has 0 bridgehead atoms. The Morgan fingerprint density at radius 1 is 1.16 bits per heavy atom. The molecule has 2 heterocycles. The fraction of sp³-hybridized carbons (Fsp3) is 0.143. The van der Waals surface area contributed by atoms with Crippen molar-refractivity contribution in [1.82, 2.24) is 14.8 Å². The minimum Gasteiger partial charge on any atom is -0.384 e. The number of hydrogen-bond donors (Lipinski definition) is 2. The molecule has 0 aliphatic rings. The Morgan fingerprint density at radius 2 is 1.95 bits per heavy atom. The van der Waals surface area contributed by atoms with Crippen molar-refractivity contribution in [2.45, 2.75) is 6.10 Å². The number of aliphatic hydroxyl groups is 1. The summed E-state index contributed by atoms with van der Waals surface area (Å²) in [5, 5.41) is 16.5. The van der Waals surface area contributed by atoms with E-state index in [9.17, 15) is 5.11 Å². The van der Waals surface area contributed by atoms with Crippen LogP contribution in [-0.2, 0) is 7.05 Å². The van der Waals surface area contributed by atoms with E-state index in [4.69, 9.17) is 5.73 Å². The average Bonchev–Trinajstić information content (AvgIpc) is 2.78. The summed E-state index contributed by atoms with van der Waals surface area (Å²) >= 11 is 0. The first kappa shape index (κ1) is 11.7. The van der Waals surface area contributed by atoms with Gasteiger partial charge in [-0.1, -0.05) is 24.3 Å². The third kappa shape index (κ3) is 1.84. The Balaban J connectivity index is 2.17. The molecular weight excluding hydrogens is 240 g/mol. The first-order valence-electron chi connectivity index (χ1n) is 5.96. The molecule has 0 saturated carbocycles. The molecule has 0 aliphatic heterocycles. The van der Waals surface area contributed by atoms with Crippen molar-refractivity contribution in [1.29, 1.82) is 0 Å². The van der Waals surface area contributed by atoms with Crippen molar-refractivity contribution in [2.75, 3.05) is 5.73 Å². The Kier molecular flexibility index (Phi) is 2.68. The van der Waals surface area contributed by atoms with Crippen LogP contribution >= 0.6 is 0 Å². The number of nitrogens with zero attached hydrogens (tertiary/aromatic N) is 3. The molecular formula is C14H14N4O. The van der Waals surface area contributed by atoms with Crippen LogP contribution in [0.1, 0.15) is 17.2 Å². The van der Waals surface area contributed by atoms with Gasteiger partial charge in [0.2, 0.25) is 0 Å². The standard InChI is InChI=1S/C14H14N4O/c1-18-14(15)12(8-17-18)13(19)11-7-16-6-9-4-2-3-5-10(9)11/h2-8,13,19H,15H2,1H3. The SMILES string of the molecule is Cn1ncc(C(O)c2cncc3ccccc23)c1N. The highest BCUT2D eigenvalue weighted by Gasteiger charge is 2.18. The number of hydrogen-bond acceptors (Lipinski definition) is 4. The summed E-state index contributed by atoms with van der Waals surface area (Å²) in [5.74, 6) is 0.459. The summed E-state index contributed by atoms with van der Waals surface area (Å²) in [5.41, 5.74) is 7.24. The zero-order valence-corrected chi connectivity index (χ0v) is 10.5. The largest absolute Gasteiger partial charge is 0.384 e. The second-order valence-electron chi connectivity index (χ2n) is 4.46. The summed E-state index contributed by atoms with van der Waals surface area (Å²) < 4.78 is 1.54. The lowest BCUT2D eigenvalue weighted by molar-refractivity contribution is 0.222. The Morgan fingerprint density at radius 3 is 2.68 bits per heavy atom. The maximum Gasteiger partial charge on any atom is 0.127 e. The van der Waals surface area contributed by atoms with Crippen LogP contribution in [0.4, 0.5) is 5.82 Å². The Hall–Kier alpha value is -2.40. The molecule has 2 aromatic heterocycles. The molecule has 3 N–H and O–H groups in total. The molecule has 5 heteroatoms. The number of anilines is 1. The number of benzene rings is 1. The summed E-state index contributed by atoms with van der Waals surface area (Å²) in [4.78, 5) is 4.17. The lowest BCUT2D eigenvalue weighted by atomic mass is 10.00. The molecule has 0 saturated heterocycles. The molecule has 0 spiro atoms. The van der Waals surface area contributed by atoms with Gasteiger partial charge in [-0.05, 0) is 5.39 Å². The number of nitrogen functional groups attached to an aromatic ring is 1. The van der Waals surface area contributed by atoms with Crippen molar-refractivity contribution >= 4 is 16.6 Å². The van der Waals surface area contributed by atoms with E-state index < -0.39 is 6.10 Å². The predicted molar refractivity (Wildman–Crippen MR) is 73.4 cm³/mol. The zero-order valence-electron chi connectivity index (χ0n) is 10.5. The second-order valence-corrected chi connectivity index (χ2v) is 4.46. The highest BCUT2D eigenvalue weighted by molar-refractivity contribution is 5.85. The lowest BCUT2D eigenvalue weighted by Crippen LogP contribution is -2.05. The number of aliphatic hydroxyl groups excluding tert-OH is 1. The van der Waals surface area contributed by atoms with Gasteiger partial charge in [0.05, 0.1) is 6.20 Å². The first-order valence-corrected chi connectivity index (χ1v) is 5.96. The molecule has 0 radical (unpaired) electrons. The van der Waals surface area contributed by atoms with Gasteiger partial charge >= 0.3 is 0 Å². The molecule has 0 aliphatic carbocycles. The number of fused-ring (bicyclic) bond motifs is 1. The Bertz CT molecular complexity index is 730. The fourth-order valence-electron chi connectivity index (χ4n) is 2.20. The quantitative estimate of drug-likeness (QED) is 0.728. The summed E-state index contributed by atoms with van der Waals surface area (Å²) in [7, 11) is 1.74. The predicted octanol–water partition coefficient (Wildman–Crippen LogP) is 1.63. The normalized spacial score (nSPS) is 12.7. The number of pyridine rings is 1. The third-order valence-corrected chi connectivity index (χ3v) is 3.30. The minimum atomic E-state index is -0.827. The minimum absolute atomic E-state index is 0.459. The van der Waals surface area contributed by atoms with Crippen LogP contribution in [0, 0.1) is 0 Å². The lowest BCUT2D eigenvalue weighted by Gasteiger charge is -2.12. The fourth-order valence-corrected chi connectivity index (χ4v) is 2.20. The van der Waals surface area contributed by atoms with Crippen LogP contribution in [-0.4, -0.2) is 19.9 Å². The Labute approximate surface area is 110 Å². The van der Waals surface area contributed by atoms with Gasteiger partial charge in [-0.25, -0.2) is 0 Å². The van der Waals surface area contributed by atoms with Crippen LogP contribution in [0.15, 0.2) is 42.9 Å². The number of aryl methyl sites for hydroxylation is 1. The molecule has 19 heavy (non-hydrogen) atoms. The van der Waals surface area contributed by atoms with Gasteiger partial charge < -0.3 is 10.8 Å². The van der Waals surface area contributed by atoms with E-state index in [0.29, 0.717) is 11.4 Å². The van der Waals surface area contributed by atoms with Crippen molar-refractivity contribution in [3.05, 3.63) is 54.0 Å².